The van der Waals surface area contributed by atoms with Crippen LogP contribution < -0.4 is 4.90 Å². The molecule has 6 nitrogen and oxygen atoms in total. The zero-order chi connectivity index (χ0) is 17.1. The van der Waals surface area contributed by atoms with E-state index in [-0.39, 0.29) is 5.91 Å². The second kappa shape index (κ2) is 7.17. The normalized spacial score (nSPS) is 23.2. The van der Waals surface area contributed by atoms with E-state index in [0.29, 0.717) is 18.3 Å². The van der Waals surface area contributed by atoms with E-state index < -0.39 is 0 Å². The Morgan fingerprint density at radius 2 is 1.64 bits per heavy atom. The number of anilines is 1. The fourth-order valence-electron chi connectivity index (χ4n) is 3.98. The smallest absolute Gasteiger partial charge is 0.228 e. The zero-order valence-electron chi connectivity index (χ0n) is 14.3. The number of likely N-dealkylation sites (tertiary alicyclic amines) is 1. The highest BCUT2D eigenvalue weighted by atomic mass is 16.2. The monoisotopic (exact) mass is 337 g/mol. The van der Waals surface area contributed by atoms with Crippen LogP contribution in [0.1, 0.15) is 18.5 Å². The maximum absolute atomic E-state index is 12.6. The number of pyridine rings is 1. The van der Waals surface area contributed by atoms with Crippen molar-refractivity contribution in [1.29, 1.82) is 0 Å². The molecule has 0 saturated carbocycles. The molecule has 2 saturated heterocycles. The highest BCUT2D eigenvalue weighted by Crippen LogP contribution is 2.33. The Kier molecular flexibility index (Phi) is 4.59. The van der Waals surface area contributed by atoms with Gasteiger partial charge in [0, 0.05) is 50.5 Å². The number of nitrogens with zero attached hydrogens (tertiary/aromatic N) is 5. The number of hydrogen-bond donors (Lipinski definition) is 0. The molecule has 25 heavy (non-hydrogen) atoms. The Morgan fingerprint density at radius 1 is 0.960 bits per heavy atom. The van der Waals surface area contributed by atoms with Crippen LogP contribution in [0.3, 0.4) is 0 Å². The molecule has 0 aliphatic carbocycles. The Balaban J connectivity index is 1.35. The van der Waals surface area contributed by atoms with Crippen molar-refractivity contribution in [3.8, 4) is 0 Å². The molecule has 0 unspecified atom stereocenters. The highest BCUT2D eigenvalue weighted by Gasteiger charge is 2.36. The average molecular weight is 337 g/mol. The number of amides is 1. The summed E-state index contributed by atoms with van der Waals surface area (Å²) in [4.78, 5) is 29.9. The maximum atomic E-state index is 12.6. The lowest BCUT2D eigenvalue weighted by Gasteiger charge is -2.22. The van der Waals surface area contributed by atoms with E-state index >= 15 is 0 Å². The Labute approximate surface area is 147 Å². The van der Waals surface area contributed by atoms with E-state index in [1.807, 2.05) is 29.2 Å². The molecule has 2 atom stereocenters. The Hall–Kier alpha value is -2.50. The van der Waals surface area contributed by atoms with Crippen LogP contribution in [-0.2, 0) is 11.2 Å². The lowest BCUT2D eigenvalue weighted by Crippen LogP contribution is -2.34. The van der Waals surface area contributed by atoms with Crippen molar-refractivity contribution in [2.75, 3.05) is 31.1 Å². The summed E-state index contributed by atoms with van der Waals surface area (Å²) in [6, 6.07) is 7.58. The van der Waals surface area contributed by atoms with Gasteiger partial charge in [0.2, 0.25) is 11.9 Å². The summed E-state index contributed by atoms with van der Waals surface area (Å²) >= 11 is 0. The van der Waals surface area contributed by atoms with Crippen LogP contribution in [0.2, 0.25) is 0 Å². The van der Waals surface area contributed by atoms with Crippen LogP contribution in [0.15, 0.2) is 42.9 Å². The van der Waals surface area contributed by atoms with Crippen LogP contribution in [0.25, 0.3) is 0 Å². The molecule has 0 aromatic carbocycles. The summed E-state index contributed by atoms with van der Waals surface area (Å²) in [7, 11) is 0. The van der Waals surface area contributed by atoms with E-state index in [1.165, 1.54) is 0 Å². The number of carbonyl (C=O) groups excluding carboxylic acids is 1. The van der Waals surface area contributed by atoms with E-state index in [4.69, 9.17) is 0 Å². The minimum atomic E-state index is 0.196. The number of fused-ring (bicyclic) bond motifs is 1. The fraction of sp³-hybridized carbons (Fsp3) is 0.474. The summed E-state index contributed by atoms with van der Waals surface area (Å²) in [5.74, 6) is 2.27. The standard InChI is InChI=1S/C19H23N5O/c25-18(12-17-4-1-2-7-20-17)23-10-5-15-13-24(14-16(15)6-11-23)19-21-8-3-9-22-19/h1-4,7-9,15-16H,5-6,10-14H2/t15-,16+. The predicted octanol–water partition coefficient (Wildman–Crippen LogP) is 1.79. The van der Waals surface area contributed by atoms with E-state index in [0.717, 1.165) is 50.7 Å². The first kappa shape index (κ1) is 16.0. The van der Waals surface area contributed by atoms with Gasteiger partial charge in [-0.2, -0.15) is 0 Å². The van der Waals surface area contributed by atoms with E-state index in [1.54, 1.807) is 18.6 Å². The zero-order valence-corrected chi connectivity index (χ0v) is 14.3. The highest BCUT2D eigenvalue weighted by molar-refractivity contribution is 5.78. The van der Waals surface area contributed by atoms with Gasteiger partial charge in [-0.3, -0.25) is 9.78 Å². The van der Waals surface area contributed by atoms with Gasteiger partial charge in [0.05, 0.1) is 6.42 Å². The molecular formula is C19H23N5O. The van der Waals surface area contributed by atoms with Gasteiger partial charge in [-0.05, 0) is 42.9 Å². The van der Waals surface area contributed by atoms with Gasteiger partial charge in [0.15, 0.2) is 0 Å². The minimum Gasteiger partial charge on any atom is -0.342 e. The lowest BCUT2D eigenvalue weighted by atomic mass is 9.92. The summed E-state index contributed by atoms with van der Waals surface area (Å²) in [6.45, 7) is 3.68. The number of aromatic nitrogens is 3. The van der Waals surface area contributed by atoms with Crippen LogP contribution in [0.4, 0.5) is 5.95 Å². The summed E-state index contributed by atoms with van der Waals surface area (Å²) in [5.41, 5.74) is 0.851. The fourth-order valence-corrected chi connectivity index (χ4v) is 3.98. The van der Waals surface area contributed by atoms with Crippen LogP contribution in [0, 0.1) is 11.8 Å². The van der Waals surface area contributed by atoms with Crippen LogP contribution >= 0.6 is 0 Å². The molecule has 0 spiro atoms. The molecule has 130 valence electrons. The van der Waals surface area contributed by atoms with E-state index in [2.05, 4.69) is 19.9 Å². The van der Waals surface area contributed by atoms with Crippen LogP contribution in [0.5, 0.6) is 0 Å². The second-order valence-corrected chi connectivity index (χ2v) is 6.93. The lowest BCUT2D eigenvalue weighted by molar-refractivity contribution is -0.130. The van der Waals surface area contributed by atoms with Gasteiger partial charge in [0.1, 0.15) is 0 Å². The van der Waals surface area contributed by atoms with Crippen molar-refractivity contribution in [2.24, 2.45) is 11.8 Å². The van der Waals surface area contributed by atoms with Gasteiger partial charge in [-0.25, -0.2) is 9.97 Å². The number of hydrogen-bond acceptors (Lipinski definition) is 5. The molecule has 0 N–H and O–H groups in total. The van der Waals surface area contributed by atoms with Gasteiger partial charge in [-0.1, -0.05) is 6.07 Å². The second-order valence-electron chi connectivity index (χ2n) is 6.93. The molecule has 4 rings (SSSR count). The topological polar surface area (TPSA) is 62.2 Å². The molecule has 0 radical (unpaired) electrons. The Bertz CT molecular complexity index is 692. The summed E-state index contributed by atoms with van der Waals surface area (Å²) in [5, 5.41) is 0. The largest absolute Gasteiger partial charge is 0.342 e. The summed E-state index contributed by atoms with van der Waals surface area (Å²) in [6.07, 6.45) is 7.86. The third kappa shape index (κ3) is 3.62. The van der Waals surface area contributed by atoms with Gasteiger partial charge < -0.3 is 9.80 Å². The van der Waals surface area contributed by atoms with Gasteiger partial charge >= 0.3 is 0 Å². The first-order valence-corrected chi connectivity index (χ1v) is 8.99. The van der Waals surface area contributed by atoms with Crippen molar-refractivity contribution in [1.82, 2.24) is 19.9 Å². The molecule has 2 aromatic heterocycles. The van der Waals surface area contributed by atoms with Gasteiger partial charge in [0.25, 0.3) is 0 Å². The van der Waals surface area contributed by atoms with E-state index in [9.17, 15) is 4.79 Å². The third-order valence-electron chi connectivity index (χ3n) is 5.36. The molecule has 4 heterocycles. The molecular weight excluding hydrogens is 314 g/mol. The predicted molar refractivity (Wildman–Crippen MR) is 95.0 cm³/mol. The summed E-state index contributed by atoms with van der Waals surface area (Å²) < 4.78 is 0. The van der Waals surface area contributed by atoms with Gasteiger partial charge in [-0.15, -0.1) is 0 Å². The molecule has 2 aromatic rings. The molecule has 1 amide bonds. The number of carbonyl (C=O) groups is 1. The van der Waals surface area contributed by atoms with Crippen molar-refractivity contribution in [3.05, 3.63) is 48.5 Å². The molecule has 6 heteroatoms. The van der Waals surface area contributed by atoms with Crippen molar-refractivity contribution in [2.45, 2.75) is 19.3 Å². The first-order chi connectivity index (χ1) is 12.3. The molecule has 2 aliphatic rings. The molecule has 2 fully saturated rings. The Morgan fingerprint density at radius 3 is 2.28 bits per heavy atom. The van der Waals surface area contributed by atoms with Crippen molar-refractivity contribution >= 4 is 11.9 Å². The molecule has 0 bridgehead atoms. The van der Waals surface area contributed by atoms with Crippen molar-refractivity contribution in [3.63, 3.8) is 0 Å². The van der Waals surface area contributed by atoms with Crippen LogP contribution in [-0.4, -0.2) is 51.9 Å². The molecule has 2 aliphatic heterocycles. The third-order valence-corrected chi connectivity index (χ3v) is 5.36. The average Bonchev–Trinajstić information content (AvgIpc) is 2.96. The number of rotatable bonds is 3. The first-order valence-electron chi connectivity index (χ1n) is 8.99. The maximum Gasteiger partial charge on any atom is 0.228 e. The SMILES string of the molecule is O=C(Cc1ccccn1)N1CC[C@@H]2CN(c3ncccn3)C[C@@H]2CC1. The quantitative estimate of drug-likeness (QED) is 0.854. The van der Waals surface area contributed by atoms with Crippen molar-refractivity contribution < 1.29 is 4.79 Å². The minimum absolute atomic E-state index is 0.196.